The Balaban J connectivity index is 4.14. The summed E-state index contributed by atoms with van der Waals surface area (Å²) in [4.78, 5) is 33.6. The predicted octanol–water partition coefficient (Wildman–Crippen LogP) is 13.5. The van der Waals surface area contributed by atoms with Crippen LogP contribution in [0.5, 0.6) is 0 Å². The van der Waals surface area contributed by atoms with Crippen LogP contribution in [-0.2, 0) is 32.7 Å². The summed E-state index contributed by atoms with van der Waals surface area (Å²) in [7, 11) is -4.62. The van der Waals surface area contributed by atoms with Crippen molar-refractivity contribution in [2.75, 3.05) is 26.4 Å². The minimum atomic E-state index is -4.62. The number of hydrogen-bond acceptors (Lipinski definition) is 8. The molecule has 0 aromatic carbocycles. The average molecular weight is 844 g/mol. The number of phosphoric ester groups is 1. The van der Waals surface area contributed by atoms with Gasteiger partial charge in [-0.3, -0.25) is 18.6 Å². The van der Waals surface area contributed by atoms with Crippen LogP contribution in [0, 0.1) is 0 Å². The monoisotopic (exact) mass is 844 g/mol. The van der Waals surface area contributed by atoms with Gasteiger partial charge in [-0.15, -0.1) is 0 Å². The van der Waals surface area contributed by atoms with Crippen molar-refractivity contribution in [1.29, 1.82) is 0 Å². The van der Waals surface area contributed by atoms with Gasteiger partial charge >= 0.3 is 19.8 Å². The number of rotatable bonds is 46. The molecule has 0 aliphatic heterocycles. The molecule has 0 rings (SSSR count). The van der Waals surface area contributed by atoms with E-state index in [1.807, 2.05) is 0 Å². The van der Waals surface area contributed by atoms with Crippen molar-refractivity contribution in [2.24, 2.45) is 5.73 Å². The number of carbonyl (C=O) groups excluding carboxylic acids is 1. The number of carboxylic acid groups (broad SMARTS) is 1. The number of esters is 1. The number of hydrogen-bond donors (Lipinski definition) is 3. The zero-order chi connectivity index (χ0) is 42.6. The lowest BCUT2D eigenvalue weighted by atomic mass is 10.0. The van der Waals surface area contributed by atoms with Gasteiger partial charge in [0.05, 0.1) is 19.8 Å². The van der Waals surface area contributed by atoms with Gasteiger partial charge in [0, 0.05) is 13.0 Å². The molecule has 0 fully saturated rings. The van der Waals surface area contributed by atoms with Gasteiger partial charge in [-0.05, 0) is 44.9 Å². The molecule has 342 valence electrons. The number of carboxylic acids is 1. The van der Waals surface area contributed by atoms with Crippen LogP contribution in [0.4, 0.5) is 0 Å². The van der Waals surface area contributed by atoms with E-state index in [2.05, 4.69) is 38.2 Å². The molecule has 58 heavy (non-hydrogen) atoms. The Bertz CT molecular complexity index is 1020. The lowest BCUT2D eigenvalue weighted by molar-refractivity contribution is -0.154. The van der Waals surface area contributed by atoms with Crippen LogP contribution in [0.2, 0.25) is 0 Å². The molecule has 0 radical (unpaired) electrons. The fourth-order valence-corrected chi connectivity index (χ4v) is 7.53. The molecule has 0 saturated carbocycles. The molecule has 0 spiro atoms. The molecule has 0 aromatic heterocycles. The maximum atomic E-state index is 12.6. The molecule has 4 N–H and O–H groups in total. The van der Waals surface area contributed by atoms with Crippen molar-refractivity contribution < 1.29 is 42.7 Å². The van der Waals surface area contributed by atoms with Crippen LogP contribution in [0.25, 0.3) is 0 Å². The molecule has 0 aromatic rings. The van der Waals surface area contributed by atoms with E-state index in [1.54, 1.807) is 0 Å². The van der Waals surface area contributed by atoms with Crippen molar-refractivity contribution in [1.82, 2.24) is 0 Å². The van der Waals surface area contributed by atoms with Gasteiger partial charge in [-0.1, -0.05) is 199 Å². The minimum Gasteiger partial charge on any atom is -0.480 e. The van der Waals surface area contributed by atoms with E-state index in [1.165, 1.54) is 141 Å². The van der Waals surface area contributed by atoms with Gasteiger partial charge in [0.25, 0.3) is 0 Å². The lowest BCUT2D eigenvalue weighted by Crippen LogP contribution is -2.34. The SMILES string of the molecule is CCCCC/C=C\C/C=C\CCCCCCCC(=O)OC(COCCCCCCCCCCCCCCCCCCCCCCC)COP(=O)(O)OCC(N)C(=O)O. The van der Waals surface area contributed by atoms with Gasteiger partial charge in [0.15, 0.2) is 0 Å². The zero-order valence-electron chi connectivity index (χ0n) is 37.4. The van der Waals surface area contributed by atoms with Crippen LogP contribution in [0.1, 0.15) is 226 Å². The summed E-state index contributed by atoms with van der Waals surface area (Å²) in [6.07, 6.45) is 48.0. The molecule has 3 atom stereocenters. The molecule has 11 heteroatoms. The number of phosphoric acid groups is 1. The van der Waals surface area contributed by atoms with Gasteiger partial charge in [0.1, 0.15) is 12.1 Å². The number of aliphatic carboxylic acids is 1. The average Bonchev–Trinajstić information content (AvgIpc) is 3.20. The van der Waals surface area contributed by atoms with E-state index in [9.17, 15) is 19.0 Å². The quantitative estimate of drug-likeness (QED) is 0.0233. The fourth-order valence-electron chi connectivity index (χ4n) is 6.75. The van der Waals surface area contributed by atoms with Gasteiger partial charge in [-0.2, -0.15) is 0 Å². The summed E-state index contributed by atoms with van der Waals surface area (Å²) >= 11 is 0. The lowest BCUT2D eigenvalue weighted by Gasteiger charge is -2.20. The van der Waals surface area contributed by atoms with E-state index in [4.69, 9.17) is 29.4 Å². The summed E-state index contributed by atoms with van der Waals surface area (Å²) in [5.74, 6) is -1.78. The first-order valence-corrected chi connectivity index (χ1v) is 25.4. The molecule has 3 unspecified atom stereocenters. The maximum Gasteiger partial charge on any atom is 0.472 e. The van der Waals surface area contributed by atoms with Crippen LogP contribution in [-0.4, -0.2) is 60.5 Å². The molecule has 0 aliphatic rings. The molecular formula is C47H90NO9P. The maximum absolute atomic E-state index is 12.6. The number of ether oxygens (including phenoxy) is 2. The Kier molecular flexibility index (Phi) is 42.4. The predicted molar refractivity (Wildman–Crippen MR) is 240 cm³/mol. The summed E-state index contributed by atoms with van der Waals surface area (Å²) in [5, 5.41) is 8.91. The number of allylic oxidation sites excluding steroid dienone is 4. The Morgan fingerprint density at radius 3 is 1.43 bits per heavy atom. The first kappa shape index (κ1) is 56.5. The first-order valence-electron chi connectivity index (χ1n) is 23.9. The second-order valence-electron chi connectivity index (χ2n) is 16.2. The van der Waals surface area contributed by atoms with Crippen LogP contribution in [0.3, 0.4) is 0 Å². The largest absolute Gasteiger partial charge is 0.480 e. The molecule has 0 saturated heterocycles. The van der Waals surface area contributed by atoms with E-state index < -0.39 is 45.1 Å². The van der Waals surface area contributed by atoms with Crippen LogP contribution >= 0.6 is 7.82 Å². The Morgan fingerprint density at radius 2 is 0.948 bits per heavy atom. The molecule has 10 nitrogen and oxygen atoms in total. The highest BCUT2D eigenvalue weighted by molar-refractivity contribution is 7.47. The summed E-state index contributed by atoms with van der Waals surface area (Å²) in [6, 6.07) is -1.47. The third kappa shape index (κ3) is 42.6. The fraction of sp³-hybridized carbons (Fsp3) is 0.872. The molecule has 0 bridgehead atoms. The number of carbonyl (C=O) groups is 2. The summed E-state index contributed by atoms with van der Waals surface area (Å²) in [5.41, 5.74) is 5.36. The molecule has 0 aliphatic carbocycles. The van der Waals surface area contributed by atoms with Gasteiger partial charge < -0.3 is 25.2 Å². The van der Waals surface area contributed by atoms with Crippen LogP contribution in [0.15, 0.2) is 24.3 Å². The van der Waals surface area contributed by atoms with Gasteiger partial charge in [0.2, 0.25) is 0 Å². The third-order valence-electron chi connectivity index (χ3n) is 10.5. The topological polar surface area (TPSA) is 155 Å². The highest BCUT2D eigenvalue weighted by atomic mass is 31.2. The zero-order valence-corrected chi connectivity index (χ0v) is 38.3. The van der Waals surface area contributed by atoms with Gasteiger partial charge in [-0.25, -0.2) is 4.57 Å². The molecule has 0 heterocycles. The number of nitrogens with two attached hydrogens (primary N) is 1. The summed E-state index contributed by atoms with van der Waals surface area (Å²) < 4.78 is 33.4. The van der Waals surface area contributed by atoms with Crippen molar-refractivity contribution >= 4 is 19.8 Å². The van der Waals surface area contributed by atoms with Crippen molar-refractivity contribution in [3.05, 3.63) is 24.3 Å². The van der Waals surface area contributed by atoms with E-state index in [0.717, 1.165) is 57.8 Å². The van der Waals surface area contributed by atoms with E-state index in [-0.39, 0.29) is 13.0 Å². The Labute approximate surface area is 355 Å². The molecule has 0 amide bonds. The normalized spacial score (nSPS) is 14.0. The highest BCUT2D eigenvalue weighted by Crippen LogP contribution is 2.43. The third-order valence-corrected chi connectivity index (χ3v) is 11.4. The second-order valence-corrected chi connectivity index (χ2v) is 17.7. The second kappa shape index (κ2) is 43.5. The number of unbranched alkanes of at least 4 members (excludes halogenated alkanes) is 28. The minimum absolute atomic E-state index is 0.0156. The van der Waals surface area contributed by atoms with E-state index >= 15 is 0 Å². The smallest absolute Gasteiger partial charge is 0.472 e. The van der Waals surface area contributed by atoms with Crippen molar-refractivity contribution in [3.63, 3.8) is 0 Å². The van der Waals surface area contributed by atoms with Crippen molar-refractivity contribution in [3.8, 4) is 0 Å². The highest BCUT2D eigenvalue weighted by Gasteiger charge is 2.27. The molecular weight excluding hydrogens is 753 g/mol. The standard InChI is InChI=1S/C47H90NO9P/c1-3-5-7-9-11-13-15-17-19-20-21-22-23-24-26-28-30-32-34-36-38-40-54-41-44(42-55-58(52,53)56-43-45(48)47(50)51)57-46(49)39-37-35-33-31-29-27-25-18-16-14-12-10-8-6-4-2/h12,14,18,25,44-45H,3-11,13,15-17,19-24,26-43,48H2,1-2H3,(H,50,51)(H,52,53)/b14-12-,25-18-. The Morgan fingerprint density at radius 1 is 0.552 bits per heavy atom. The first-order chi connectivity index (χ1) is 28.2. The Hall–Kier alpha value is -1.55. The van der Waals surface area contributed by atoms with Crippen LogP contribution < -0.4 is 5.73 Å². The van der Waals surface area contributed by atoms with E-state index in [0.29, 0.717) is 13.0 Å². The van der Waals surface area contributed by atoms with Crippen molar-refractivity contribution in [2.45, 2.75) is 238 Å². The summed E-state index contributed by atoms with van der Waals surface area (Å²) in [6.45, 7) is 3.88.